The Kier molecular flexibility index (Phi) is 3.45. The Labute approximate surface area is 172 Å². The first kappa shape index (κ1) is 16.8. The lowest BCUT2D eigenvalue weighted by atomic mass is 10.0. The summed E-state index contributed by atoms with van der Waals surface area (Å²) >= 11 is 3.30. The molecule has 6 nitrogen and oxygen atoms in total. The van der Waals surface area contributed by atoms with E-state index in [0.717, 1.165) is 20.3 Å². The van der Waals surface area contributed by atoms with Crippen LogP contribution in [0.2, 0.25) is 0 Å². The smallest absolute Gasteiger partial charge is 0.299 e. The number of para-hydroxylation sites is 2. The molecule has 0 atom stereocenters. The summed E-state index contributed by atoms with van der Waals surface area (Å²) in [6.07, 6.45) is 0.266. The van der Waals surface area contributed by atoms with E-state index in [9.17, 15) is 14.4 Å². The highest BCUT2D eigenvalue weighted by atomic mass is 32.2. The van der Waals surface area contributed by atoms with Crippen molar-refractivity contribution >= 4 is 62.7 Å². The van der Waals surface area contributed by atoms with Crippen molar-refractivity contribution in [3.05, 3.63) is 53.4 Å². The summed E-state index contributed by atoms with van der Waals surface area (Å²) in [6.45, 7) is 0. The number of imide groups is 2. The molecule has 2 N–H and O–H groups in total. The van der Waals surface area contributed by atoms with Crippen LogP contribution in [0.3, 0.4) is 0 Å². The quantitative estimate of drug-likeness (QED) is 0.426. The van der Waals surface area contributed by atoms with Gasteiger partial charge in [0.2, 0.25) is 11.8 Å². The summed E-state index contributed by atoms with van der Waals surface area (Å²) in [5.74, 6) is -1.99. The number of fused-ring (bicyclic) bond motifs is 5. The first-order chi connectivity index (χ1) is 14.1. The number of carbonyl (C=O) groups is 3. The largest absolute Gasteiger partial charge is 0.328 e. The average Bonchev–Trinajstić information content (AvgIpc) is 3.25. The fourth-order valence-corrected chi connectivity index (χ4v) is 6.58. The molecule has 2 aromatic heterocycles. The van der Waals surface area contributed by atoms with E-state index < -0.39 is 23.8 Å². The molecule has 0 spiro atoms. The SMILES string of the molecule is O=C1NC(=O)C(Cc2cc3c(s2)-n2c4ccccc4c4cccc(c42)S3)C(=O)N1. The Balaban J connectivity index is 1.49. The number of urea groups is 1. The molecule has 4 amide bonds. The number of carbonyl (C=O) groups excluding carboxylic acids is 3. The molecule has 1 saturated heterocycles. The predicted octanol–water partition coefficient (Wildman–Crippen LogP) is 3.83. The molecule has 0 saturated carbocycles. The van der Waals surface area contributed by atoms with Gasteiger partial charge in [0.05, 0.1) is 11.0 Å². The summed E-state index contributed by atoms with van der Waals surface area (Å²) in [4.78, 5) is 38.8. The fourth-order valence-electron chi connectivity index (χ4n) is 4.08. The third kappa shape index (κ3) is 2.39. The number of barbiturate groups is 1. The van der Waals surface area contributed by atoms with Gasteiger partial charge in [-0.05, 0) is 18.2 Å². The van der Waals surface area contributed by atoms with Crippen LogP contribution >= 0.6 is 23.1 Å². The Bertz CT molecular complexity index is 1360. The second kappa shape index (κ2) is 5.95. The third-order valence-electron chi connectivity index (χ3n) is 5.32. The van der Waals surface area contributed by atoms with E-state index in [0.29, 0.717) is 0 Å². The van der Waals surface area contributed by atoms with Crippen molar-refractivity contribution in [3.63, 3.8) is 0 Å². The van der Waals surface area contributed by atoms with Crippen LogP contribution in [0.4, 0.5) is 4.79 Å². The molecule has 1 fully saturated rings. The molecule has 2 aromatic carbocycles. The zero-order valence-corrected chi connectivity index (χ0v) is 16.5. The zero-order valence-electron chi connectivity index (χ0n) is 14.9. The standard InChI is InChI=1S/C21H13N3O3S2/c25-18-13(19(26)23-21(27)22-18)8-10-9-16-20(28-10)24-14-6-2-1-4-11(14)12-5-3-7-15(29-16)17(12)24/h1-7,9,13H,8H2,(H2,22,23,25,26,27). The maximum absolute atomic E-state index is 12.1. The van der Waals surface area contributed by atoms with Crippen molar-refractivity contribution in [3.8, 4) is 5.00 Å². The van der Waals surface area contributed by atoms with Gasteiger partial charge < -0.3 is 0 Å². The molecule has 4 heterocycles. The fraction of sp³-hybridized carbons (Fsp3) is 0.0952. The lowest BCUT2D eigenvalue weighted by Gasteiger charge is -2.19. The van der Waals surface area contributed by atoms with E-state index in [4.69, 9.17) is 0 Å². The number of rotatable bonds is 2. The van der Waals surface area contributed by atoms with Gasteiger partial charge in [-0.1, -0.05) is 42.1 Å². The van der Waals surface area contributed by atoms with E-state index in [-0.39, 0.29) is 6.42 Å². The van der Waals surface area contributed by atoms with Gasteiger partial charge in [-0.25, -0.2) is 4.79 Å². The number of hydrogen-bond donors (Lipinski definition) is 2. The minimum Gasteiger partial charge on any atom is -0.299 e. The highest BCUT2D eigenvalue weighted by molar-refractivity contribution is 8.00. The highest BCUT2D eigenvalue weighted by Crippen LogP contribution is 2.49. The minimum atomic E-state index is -0.901. The summed E-state index contributed by atoms with van der Waals surface area (Å²) in [6, 6.07) is 16.0. The van der Waals surface area contributed by atoms with Gasteiger partial charge in [-0.15, -0.1) is 11.3 Å². The number of benzene rings is 2. The molecule has 2 aliphatic rings. The topological polar surface area (TPSA) is 80.2 Å². The van der Waals surface area contributed by atoms with Crippen LogP contribution in [0.5, 0.6) is 0 Å². The van der Waals surface area contributed by atoms with Gasteiger partial charge in [0.15, 0.2) is 0 Å². The summed E-state index contributed by atoms with van der Waals surface area (Å²) in [5.41, 5.74) is 2.34. The maximum Gasteiger partial charge on any atom is 0.328 e. The molecule has 29 heavy (non-hydrogen) atoms. The molecule has 6 rings (SSSR count). The molecule has 4 aromatic rings. The maximum atomic E-state index is 12.1. The van der Waals surface area contributed by atoms with Crippen LogP contribution < -0.4 is 10.6 Å². The van der Waals surface area contributed by atoms with Gasteiger partial charge in [0.25, 0.3) is 0 Å². The molecule has 0 bridgehead atoms. The van der Waals surface area contributed by atoms with Gasteiger partial charge >= 0.3 is 6.03 Å². The van der Waals surface area contributed by atoms with Crippen LogP contribution in [0.1, 0.15) is 4.88 Å². The Morgan fingerprint density at radius 2 is 1.66 bits per heavy atom. The molecular weight excluding hydrogens is 406 g/mol. The second-order valence-corrected chi connectivity index (χ2v) is 9.25. The molecule has 0 radical (unpaired) electrons. The predicted molar refractivity (Wildman–Crippen MR) is 112 cm³/mol. The van der Waals surface area contributed by atoms with Crippen LogP contribution in [-0.4, -0.2) is 22.4 Å². The monoisotopic (exact) mass is 419 g/mol. The molecule has 8 heteroatoms. The molecule has 0 aliphatic carbocycles. The number of nitrogens with one attached hydrogen (secondary N) is 2. The summed E-state index contributed by atoms with van der Waals surface area (Å²) in [5, 5.41) is 7.88. The second-order valence-electron chi connectivity index (χ2n) is 7.05. The van der Waals surface area contributed by atoms with Gasteiger partial charge in [-0.2, -0.15) is 0 Å². The van der Waals surface area contributed by atoms with Crippen molar-refractivity contribution in [2.45, 2.75) is 16.2 Å². The van der Waals surface area contributed by atoms with Gasteiger partial charge in [-0.3, -0.25) is 24.8 Å². The number of aromatic nitrogens is 1. The van der Waals surface area contributed by atoms with Gasteiger partial charge in [0.1, 0.15) is 10.9 Å². The van der Waals surface area contributed by atoms with Crippen molar-refractivity contribution in [2.75, 3.05) is 0 Å². The molecule has 142 valence electrons. The lowest BCUT2D eigenvalue weighted by molar-refractivity contribution is -0.135. The first-order valence-electron chi connectivity index (χ1n) is 9.09. The Morgan fingerprint density at radius 3 is 2.48 bits per heavy atom. The molecular formula is C21H13N3O3S2. The van der Waals surface area contributed by atoms with E-state index in [1.54, 1.807) is 23.1 Å². The average molecular weight is 419 g/mol. The normalized spacial score (nSPS) is 16.2. The highest BCUT2D eigenvalue weighted by Gasteiger charge is 2.35. The number of thiophene rings is 1. The minimum absolute atomic E-state index is 0.266. The third-order valence-corrected chi connectivity index (χ3v) is 7.68. The Morgan fingerprint density at radius 1 is 0.897 bits per heavy atom. The number of nitrogens with zero attached hydrogens (tertiary/aromatic N) is 1. The van der Waals surface area contributed by atoms with Crippen molar-refractivity contribution < 1.29 is 14.4 Å². The molecule has 0 unspecified atom stereocenters. The van der Waals surface area contributed by atoms with Crippen molar-refractivity contribution in [1.29, 1.82) is 0 Å². The van der Waals surface area contributed by atoms with E-state index in [1.807, 2.05) is 12.1 Å². The summed E-state index contributed by atoms with van der Waals surface area (Å²) < 4.78 is 2.28. The van der Waals surface area contributed by atoms with E-state index in [2.05, 4.69) is 51.6 Å². The van der Waals surface area contributed by atoms with Crippen LogP contribution in [0, 0.1) is 5.92 Å². The number of hydrogen-bond acceptors (Lipinski definition) is 5. The van der Waals surface area contributed by atoms with Crippen LogP contribution in [0.25, 0.3) is 26.8 Å². The van der Waals surface area contributed by atoms with E-state index >= 15 is 0 Å². The van der Waals surface area contributed by atoms with Gasteiger partial charge in [0, 0.05) is 31.9 Å². The molecule has 2 aliphatic heterocycles. The Hall–Kier alpha value is -3.10. The van der Waals surface area contributed by atoms with Crippen LogP contribution in [0.15, 0.2) is 58.3 Å². The lowest BCUT2D eigenvalue weighted by Crippen LogP contribution is -2.56. The van der Waals surface area contributed by atoms with E-state index in [1.165, 1.54) is 21.2 Å². The van der Waals surface area contributed by atoms with Crippen molar-refractivity contribution in [1.82, 2.24) is 15.2 Å². The van der Waals surface area contributed by atoms with Crippen LogP contribution in [-0.2, 0) is 16.0 Å². The first-order valence-corrected chi connectivity index (χ1v) is 10.7. The summed E-state index contributed by atoms with van der Waals surface area (Å²) in [7, 11) is 0. The zero-order chi connectivity index (χ0) is 19.7. The number of amides is 4. The van der Waals surface area contributed by atoms with Crippen molar-refractivity contribution in [2.24, 2.45) is 5.92 Å².